The van der Waals surface area contributed by atoms with Crippen LogP contribution in [0, 0.1) is 11.8 Å². The molecule has 39 heavy (non-hydrogen) atoms. The Morgan fingerprint density at radius 3 is 2.62 bits per heavy atom. The first kappa shape index (κ1) is 27.2. The predicted molar refractivity (Wildman–Crippen MR) is 154 cm³/mol. The van der Waals surface area contributed by atoms with Crippen molar-refractivity contribution in [2.24, 2.45) is 0 Å². The number of carbonyl (C=O) groups excluding carboxylic acids is 1. The summed E-state index contributed by atoms with van der Waals surface area (Å²) in [6.07, 6.45) is 8.38. The molecule has 2 aromatic heterocycles. The number of benzene rings is 1. The molecule has 1 atom stereocenters. The van der Waals surface area contributed by atoms with Gasteiger partial charge < -0.3 is 19.5 Å². The number of amides is 1. The van der Waals surface area contributed by atoms with Crippen LogP contribution in [0.3, 0.4) is 0 Å². The molecular weight excluding hydrogens is 512 g/mol. The highest BCUT2D eigenvalue weighted by molar-refractivity contribution is 6.33. The van der Waals surface area contributed by atoms with Gasteiger partial charge >= 0.3 is 0 Å². The second kappa shape index (κ2) is 12.6. The summed E-state index contributed by atoms with van der Waals surface area (Å²) in [5.74, 6) is 7.68. The van der Waals surface area contributed by atoms with Crippen LogP contribution in [0.5, 0.6) is 0 Å². The van der Waals surface area contributed by atoms with Crippen molar-refractivity contribution in [3.8, 4) is 23.2 Å². The number of rotatable bonds is 6. The summed E-state index contributed by atoms with van der Waals surface area (Å²) < 4.78 is 4.97. The average Bonchev–Trinajstić information content (AvgIpc) is 3.52. The summed E-state index contributed by atoms with van der Waals surface area (Å²) in [7, 11) is 1.62. The minimum Gasteiger partial charge on any atom is -0.372 e. The standard InChI is InChI=1S/C30H35ClN6O2/c1-3-25-21-36(29-27(31)19-24(20-34-29)28-32-12-13-33-28)16-17-37(25)26-10-14-35(15-11-26)30(38)23-8-6-22(7-9-23)5-4-18-39-2/h6-9,12-13,19-20,25-26H,3,10-11,14-18,21H2,1-2H3,(H,32,33)/t25-/m0/s1. The fraction of sp³-hybridized carbons (Fsp3) is 0.433. The van der Waals surface area contributed by atoms with Crippen molar-refractivity contribution in [1.29, 1.82) is 0 Å². The summed E-state index contributed by atoms with van der Waals surface area (Å²) in [5, 5.41) is 0.647. The quantitative estimate of drug-likeness (QED) is 0.464. The van der Waals surface area contributed by atoms with Crippen LogP contribution in [0.1, 0.15) is 42.1 Å². The van der Waals surface area contributed by atoms with Gasteiger partial charge in [-0.15, -0.1) is 0 Å². The van der Waals surface area contributed by atoms with E-state index in [1.54, 1.807) is 19.5 Å². The zero-order valence-electron chi connectivity index (χ0n) is 22.6. The number of piperidine rings is 1. The molecule has 0 bridgehead atoms. The number of nitrogens with one attached hydrogen (secondary N) is 1. The molecule has 204 valence electrons. The molecule has 1 aromatic carbocycles. The van der Waals surface area contributed by atoms with Crippen molar-refractivity contribution >= 4 is 23.3 Å². The Bertz CT molecular complexity index is 1310. The van der Waals surface area contributed by atoms with Crippen molar-refractivity contribution in [2.45, 2.75) is 38.3 Å². The van der Waals surface area contributed by atoms with Gasteiger partial charge in [0.1, 0.15) is 18.2 Å². The minimum atomic E-state index is 0.0976. The number of hydrogen-bond donors (Lipinski definition) is 1. The molecule has 3 aromatic rings. The molecule has 2 saturated heterocycles. The van der Waals surface area contributed by atoms with Crippen LogP contribution < -0.4 is 4.90 Å². The van der Waals surface area contributed by atoms with Crippen molar-refractivity contribution in [1.82, 2.24) is 24.8 Å². The molecule has 2 aliphatic heterocycles. The van der Waals surface area contributed by atoms with Crippen LogP contribution in [-0.4, -0.2) is 89.2 Å². The highest BCUT2D eigenvalue weighted by Crippen LogP contribution is 2.31. The van der Waals surface area contributed by atoms with E-state index >= 15 is 0 Å². The highest BCUT2D eigenvalue weighted by Gasteiger charge is 2.34. The molecule has 8 nitrogen and oxygen atoms in total. The van der Waals surface area contributed by atoms with Gasteiger partial charge in [-0.25, -0.2) is 9.97 Å². The van der Waals surface area contributed by atoms with E-state index < -0.39 is 0 Å². The van der Waals surface area contributed by atoms with Gasteiger partial charge in [0.05, 0.1) is 5.02 Å². The fourth-order valence-electron chi connectivity index (χ4n) is 5.61. The van der Waals surface area contributed by atoms with Crippen LogP contribution in [0.15, 0.2) is 48.9 Å². The highest BCUT2D eigenvalue weighted by atomic mass is 35.5. The molecule has 5 rings (SSSR count). The molecular formula is C30H35ClN6O2. The number of aromatic amines is 1. The lowest BCUT2D eigenvalue weighted by Gasteiger charge is -2.47. The fourth-order valence-corrected chi connectivity index (χ4v) is 5.90. The molecule has 0 aliphatic carbocycles. The van der Waals surface area contributed by atoms with Crippen LogP contribution in [-0.2, 0) is 4.74 Å². The number of nitrogens with zero attached hydrogens (tertiary/aromatic N) is 5. The third-order valence-corrected chi connectivity index (χ3v) is 7.97. The first-order valence-electron chi connectivity index (χ1n) is 13.6. The molecule has 0 unspecified atom stereocenters. The van der Waals surface area contributed by atoms with Crippen molar-refractivity contribution in [3.63, 3.8) is 0 Å². The van der Waals surface area contributed by atoms with Gasteiger partial charge in [0, 0.05) is 87.2 Å². The Balaban J connectivity index is 1.16. The second-order valence-corrected chi connectivity index (χ2v) is 10.5. The Morgan fingerprint density at radius 1 is 1.15 bits per heavy atom. The number of halogens is 1. The lowest BCUT2D eigenvalue weighted by Crippen LogP contribution is -2.58. The summed E-state index contributed by atoms with van der Waals surface area (Å²) in [6.45, 7) is 6.92. The van der Waals surface area contributed by atoms with E-state index in [4.69, 9.17) is 21.3 Å². The number of H-pyrrole nitrogens is 1. The number of aromatic nitrogens is 3. The zero-order chi connectivity index (χ0) is 27.2. The smallest absolute Gasteiger partial charge is 0.253 e. The Hall–Kier alpha value is -3.38. The molecule has 1 N–H and O–H groups in total. The van der Waals surface area contributed by atoms with E-state index in [2.05, 4.69) is 38.5 Å². The molecule has 2 fully saturated rings. The van der Waals surface area contributed by atoms with Gasteiger partial charge in [0.15, 0.2) is 0 Å². The summed E-state index contributed by atoms with van der Waals surface area (Å²) in [5.41, 5.74) is 2.48. The largest absolute Gasteiger partial charge is 0.372 e. The van der Waals surface area contributed by atoms with Crippen LogP contribution in [0.2, 0.25) is 5.02 Å². The van der Waals surface area contributed by atoms with E-state index in [-0.39, 0.29) is 5.91 Å². The summed E-state index contributed by atoms with van der Waals surface area (Å²) >= 11 is 6.68. The number of piperazine rings is 1. The average molecular weight is 547 g/mol. The van der Waals surface area contributed by atoms with Crippen LogP contribution in [0.25, 0.3) is 11.4 Å². The number of pyridine rings is 1. The molecule has 4 heterocycles. The zero-order valence-corrected chi connectivity index (χ0v) is 23.3. The van der Waals surface area contributed by atoms with Crippen molar-refractivity contribution in [2.75, 3.05) is 51.3 Å². The Morgan fingerprint density at radius 2 is 1.95 bits per heavy atom. The minimum absolute atomic E-state index is 0.0976. The van der Waals surface area contributed by atoms with Crippen LogP contribution in [0.4, 0.5) is 5.82 Å². The Labute approximate surface area is 235 Å². The van der Waals surface area contributed by atoms with Crippen LogP contribution >= 0.6 is 11.6 Å². The van der Waals surface area contributed by atoms with E-state index in [1.807, 2.05) is 41.4 Å². The number of anilines is 1. The third kappa shape index (κ3) is 6.27. The van der Waals surface area contributed by atoms with Gasteiger partial charge in [-0.2, -0.15) is 0 Å². The van der Waals surface area contributed by atoms with Gasteiger partial charge in [-0.3, -0.25) is 9.69 Å². The van der Waals surface area contributed by atoms with Crippen molar-refractivity contribution in [3.05, 3.63) is 65.1 Å². The monoisotopic (exact) mass is 546 g/mol. The first-order chi connectivity index (χ1) is 19.1. The second-order valence-electron chi connectivity index (χ2n) is 10.0. The molecule has 9 heteroatoms. The molecule has 1 amide bonds. The SMILES string of the molecule is CC[C@H]1CN(c2ncc(-c3ncc[nH]3)cc2Cl)CCN1C1CCN(C(=O)c2ccc(C#CCOC)cc2)CC1. The Kier molecular flexibility index (Phi) is 8.82. The van der Waals surface area contributed by atoms with E-state index in [0.29, 0.717) is 29.3 Å². The lowest BCUT2D eigenvalue weighted by molar-refractivity contribution is 0.0491. The molecule has 0 spiro atoms. The maximum Gasteiger partial charge on any atom is 0.253 e. The molecule has 0 radical (unpaired) electrons. The van der Waals surface area contributed by atoms with E-state index in [9.17, 15) is 4.79 Å². The number of carbonyl (C=O) groups is 1. The maximum atomic E-state index is 13.1. The normalized spacial score (nSPS) is 18.6. The van der Waals surface area contributed by atoms with Gasteiger partial charge in [0.2, 0.25) is 0 Å². The predicted octanol–water partition coefficient (Wildman–Crippen LogP) is 4.33. The number of likely N-dealkylation sites (tertiary alicyclic amines) is 1. The van der Waals surface area contributed by atoms with Gasteiger partial charge in [0.25, 0.3) is 5.91 Å². The maximum absolute atomic E-state index is 13.1. The number of ether oxygens (including phenoxy) is 1. The number of methoxy groups -OCH3 is 1. The molecule has 0 saturated carbocycles. The summed E-state index contributed by atoms with van der Waals surface area (Å²) in [6, 6.07) is 10.4. The van der Waals surface area contributed by atoms with Gasteiger partial charge in [-0.1, -0.05) is 30.4 Å². The molecule has 2 aliphatic rings. The van der Waals surface area contributed by atoms with Crippen molar-refractivity contribution < 1.29 is 9.53 Å². The van der Waals surface area contributed by atoms with Gasteiger partial charge in [-0.05, 0) is 49.6 Å². The topological polar surface area (TPSA) is 77.6 Å². The summed E-state index contributed by atoms with van der Waals surface area (Å²) in [4.78, 5) is 32.2. The van der Waals surface area contributed by atoms with E-state index in [1.165, 1.54) is 0 Å². The van der Waals surface area contributed by atoms with E-state index in [0.717, 1.165) is 74.8 Å². The third-order valence-electron chi connectivity index (χ3n) is 7.69. The number of hydrogen-bond acceptors (Lipinski definition) is 6. The number of imidazole rings is 1. The first-order valence-corrected chi connectivity index (χ1v) is 14.0. The lowest BCUT2D eigenvalue weighted by atomic mass is 9.97.